The van der Waals surface area contributed by atoms with Gasteiger partial charge in [0.25, 0.3) is 0 Å². The highest BCUT2D eigenvalue weighted by atomic mass is 16.5. The maximum atomic E-state index is 5.95. The van der Waals surface area contributed by atoms with Crippen LogP contribution in [0, 0.1) is 6.92 Å². The van der Waals surface area contributed by atoms with Gasteiger partial charge in [0.2, 0.25) is 5.88 Å². The van der Waals surface area contributed by atoms with Crippen molar-refractivity contribution in [1.82, 2.24) is 14.6 Å². The number of para-hydroxylation sites is 1. The quantitative estimate of drug-likeness (QED) is 0.698. The van der Waals surface area contributed by atoms with Crippen molar-refractivity contribution in [2.24, 2.45) is 0 Å². The summed E-state index contributed by atoms with van der Waals surface area (Å²) >= 11 is 0. The number of hydrogen-bond acceptors (Lipinski definition) is 4. The highest BCUT2D eigenvalue weighted by molar-refractivity contribution is 5.58. The highest BCUT2D eigenvalue weighted by Gasteiger charge is 2.06. The number of anilines is 1. The Morgan fingerprint density at radius 2 is 2.11 bits per heavy atom. The van der Waals surface area contributed by atoms with Crippen LogP contribution < -0.4 is 10.5 Å². The van der Waals surface area contributed by atoms with Crippen molar-refractivity contribution < 1.29 is 4.74 Å². The van der Waals surface area contributed by atoms with Crippen molar-refractivity contribution in [2.75, 3.05) is 5.73 Å². The third-order valence-electron chi connectivity index (χ3n) is 2.73. The van der Waals surface area contributed by atoms with E-state index in [1.54, 1.807) is 23.0 Å². The van der Waals surface area contributed by atoms with Gasteiger partial charge in [-0.15, -0.1) is 0 Å². The van der Waals surface area contributed by atoms with Crippen LogP contribution in [0.1, 0.15) is 5.56 Å². The number of nitrogens with two attached hydrogens (primary N) is 1. The molecule has 0 bridgehead atoms. The van der Waals surface area contributed by atoms with Crippen molar-refractivity contribution in [2.45, 2.75) is 6.92 Å². The molecule has 2 aromatic heterocycles. The summed E-state index contributed by atoms with van der Waals surface area (Å²) in [5, 5.41) is 4.07. The summed E-state index contributed by atoms with van der Waals surface area (Å²) < 4.78 is 7.36. The van der Waals surface area contributed by atoms with E-state index in [0.29, 0.717) is 17.3 Å². The fourth-order valence-corrected chi connectivity index (χ4v) is 1.71. The topological polar surface area (TPSA) is 65.4 Å². The Labute approximate surface area is 104 Å². The Kier molecular flexibility index (Phi) is 2.37. The summed E-state index contributed by atoms with van der Waals surface area (Å²) in [6.45, 7) is 1.94. The molecule has 0 aliphatic carbocycles. The fraction of sp³-hybridized carbons (Fsp3) is 0.0769. The van der Waals surface area contributed by atoms with E-state index < -0.39 is 0 Å². The minimum absolute atomic E-state index is 0.500. The molecule has 3 rings (SSSR count). The number of nitrogens with zero attached hydrogens (tertiary/aromatic N) is 3. The smallest absolute Gasteiger partial charge is 0.222 e. The maximum Gasteiger partial charge on any atom is 0.222 e. The number of benzene rings is 1. The first-order valence-electron chi connectivity index (χ1n) is 5.57. The third-order valence-corrected chi connectivity index (χ3v) is 2.73. The van der Waals surface area contributed by atoms with Crippen LogP contribution >= 0.6 is 0 Å². The van der Waals surface area contributed by atoms with Crippen molar-refractivity contribution in [3.05, 3.63) is 48.3 Å². The van der Waals surface area contributed by atoms with E-state index in [1.807, 2.05) is 31.2 Å². The molecule has 0 unspecified atom stereocenters. The van der Waals surface area contributed by atoms with Crippen LogP contribution in [0.4, 0.5) is 5.69 Å². The lowest BCUT2D eigenvalue weighted by molar-refractivity contribution is 0.465. The Morgan fingerprint density at radius 3 is 3.00 bits per heavy atom. The summed E-state index contributed by atoms with van der Waals surface area (Å²) in [6.07, 6.45) is 3.48. The van der Waals surface area contributed by atoms with Gasteiger partial charge < -0.3 is 10.5 Å². The zero-order valence-electron chi connectivity index (χ0n) is 9.87. The normalized spacial score (nSPS) is 10.7. The molecule has 0 fully saturated rings. The van der Waals surface area contributed by atoms with Gasteiger partial charge in [-0.25, -0.2) is 4.52 Å². The number of aromatic nitrogens is 3. The molecule has 0 saturated carbocycles. The Balaban J connectivity index is 1.98. The van der Waals surface area contributed by atoms with E-state index >= 15 is 0 Å². The van der Waals surface area contributed by atoms with E-state index in [2.05, 4.69) is 10.1 Å². The number of ether oxygens (including phenoxy) is 1. The molecule has 1 aromatic carbocycles. The van der Waals surface area contributed by atoms with Crippen molar-refractivity contribution >= 4 is 11.3 Å². The molecule has 5 nitrogen and oxygen atoms in total. The summed E-state index contributed by atoms with van der Waals surface area (Å²) in [5.74, 6) is 1.12. The summed E-state index contributed by atoms with van der Waals surface area (Å²) in [4.78, 5) is 4.32. The minimum Gasteiger partial charge on any atom is -0.437 e. The van der Waals surface area contributed by atoms with Crippen LogP contribution in [-0.4, -0.2) is 14.6 Å². The van der Waals surface area contributed by atoms with E-state index in [9.17, 15) is 0 Å². The molecule has 0 spiro atoms. The lowest BCUT2D eigenvalue weighted by atomic mass is 10.2. The van der Waals surface area contributed by atoms with Gasteiger partial charge in [-0.1, -0.05) is 12.1 Å². The molecule has 0 aliphatic heterocycles. The van der Waals surface area contributed by atoms with Crippen molar-refractivity contribution in [1.29, 1.82) is 0 Å². The number of hydrogen-bond donors (Lipinski definition) is 1. The molecule has 0 saturated heterocycles. The van der Waals surface area contributed by atoms with Crippen LogP contribution in [0.2, 0.25) is 0 Å². The predicted molar refractivity (Wildman–Crippen MR) is 68.7 cm³/mol. The second-order valence-corrected chi connectivity index (χ2v) is 3.99. The SMILES string of the molecule is Cc1cccc(Oc2ccn3nccc3n2)c1N. The number of nitrogen functional groups attached to an aromatic ring is 1. The molecule has 90 valence electrons. The Morgan fingerprint density at radius 1 is 1.22 bits per heavy atom. The molecule has 2 heterocycles. The van der Waals surface area contributed by atoms with Gasteiger partial charge in [0.15, 0.2) is 11.4 Å². The molecule has 0 amide bonds. The van der Waals surface area contributed by atoms with Crippen LogP contribution in [0.3, 0.4) is 0 Å². The highest BCUT2D eigenvalue weighted by Crippen LogP contribution is 2.28. The first-order valence-corrected chi connectivity index (χ1v) is 5.57. The summed E-state index contributed by atoms with van der Waals surface area (Å²) in [5.41, 5.74) is 8.30. The molecular formula is C13H12N4O. The zero-order valence-corrected chi connectivity index (χ0v) is 9.87. The second-order valence-electron chi connectivity index (χ2n) is 3.99. The van der Waals surface area contributed by atoms with Crippen LogP contribution in [-0.2, 0) is 0 Å². The standard InChI is InChI=1S/C13H12N4O/c1-9-3-2-4-10(13(9)14)18-12-6-8-17-11(16-12)5-7-15-17/h2-8H,14H2,1H3. The number of aryl methyl sites for hydroxylation is 1. The lowest BCUT2D eigenvalue weighted by Gasteiger charge is -2.09. The monoisotopic (exact) mass is 240 g/mol. The van der Waals surface area contributed by atoms with Gasteiger partial charge in [0, 0.05) is 18.3 Å². The van der Waals surface area contributed by atoms with E-state index in [1.165, 1.54) is 0 Å². The second kappa shape index (κ2) is 4.03. The summed E-state index contributed by atoms with van der Waals surface area (Å²) in [6, 6.07) is 9.23. The molecule has 2 N–H and O–H groups in total. The number of rotatable bonds is 2. The zero-order chi connectivity index (χ0) is 12.5. The van der Waals surface area contributed by atoms with Crippen LogP contribution in [0.25, 0.3) is 5.65 Å². The molecular weight excluding hydrogens is 228 g/mol. The molecule has 0 radical (unpaired) electrons. The van der Waals surface area contributed by atoms with E-state index in [-0.39, 0.29) is 0 Å². The van der Waals surface area contributed by atoms with Crippen molar-refractivity contribution in [3.63, 3.8) is 0 Å². The first kappa shape index (κ1) is 10.6. The van der Waals surface area contributed by atoms with E-state index in [0.717, 1.165) is 11.2 Å². The van der Waals surface area contributed by atoms with Gasteiger partial charge in [0.1, 0.15) is 0 Å². The molecule has 5 heteroatoms. The third kappa shape index (κ3) is 1.75. The van der Waals surface area contributed by atoms with Gasteiger partial charge in [-0.05, 0) is 18.6 Å². The van der Waals surface area contributed by atoms with Crippen molar-refractivity contribution in [3.8, 4) is 11.6 Å². The maximum absolute atomic E-state index is 5.95. The Bertz CT molecular complexity index is 705. The van der Waals surface area contributed by atoms with Gasteiger partial charge in [-0.2, -0.15) is 10.1 Å². The fourth-order valence-electron chi connectivity index (χ4n) is 1.71. The molecule has 18 heavy (non-hydrogen) atoms. The first-order chi connectivity index (χ1) is 8.74. The average Bonchev–Trinajstić information content (AvgIpc) is 2.82. The van der Waals surface area contributed by atoms with Gasteiger partial charge >= 0.3 is 0 Å². The Hall–Kier alpha value is -2.56. The number of fused-ring (bicyclic) bond motifs is 1. The van der Waals surface area contributed by atoms with E-state index in [4.69, 9.17) is 10.5 Å². The predicted octanol–water partition coefficient (Wildman–Crippen LogP) is 2.41. The van der Waals surface area contributed by atoms with Crippen LogP contribution in [0.5, 0.6) is 11.6 Å². The van der Waals surface area contributed by atoms with Crippen LogP contribution in [0.15, 0.2) is 42.7 Å². The molecule has 3 aromatic rings. The molecule has 0 aliphatic rings. The molecule has 0 atom stereocenters. The van der Waals surface area contributed by atoms with Gasteiger partial charge in [-0.3, -0.25) is 0 Å². The lowest BCUT2D eigenvalue weighted by Crippen LogP contribution is -1.97. The minimum atomic E-state index is 0.500. The summed E-state index contributed by atoms with van der Waals surface area (Å²) in [7, 11) is 0. The average molecular weight is 240 g/mol. The largest absolute Gasteiger partial charge is 0.437 e. The van der Waals surface area contributed by atoms with Gasteiger partial charge in [0.05, 0.1) is 11.9 Å².